The second kappa shape index (κ2) is 4.58. The predicted octanol–water partition coefficient (Wildman–Crippen LogP) is 4.85. The molecular formula is C11H5Cl3FN. The highest BCUT2D eigenvalue weighted by atomic mass is 35.5. The normalized spacial score (nSPS) is 10.5. The SMILES string of the molecule is Fc1nccc(-c2ccc(Cl)c(Cl)c2)c1Cl. The topological polar surface area (TPSA) is 12.9 Å². The summed E-state index contributed by atoms with van der Waals surface area (Å²) >= 11 is 17.5. The number of aromatic nitrogens is 1. The van der Waals surface area contributed by atoms with Crippen LogP contribution in [0.25, 0.3) is 11.1 Å². The van der Waals surface area contributed by atoms with Gasteiger partial charge in [-0.25, -0.2) is 4.98 Å². The van der Waals surface area contributed by atoms with Gasteiger partial charge < -0.3 is 0 Å². The summed E-state index contributed by atoms with van der Waals surface area (Å²) in [5, 5.41) is 0.810. The summed E-state index contributed by atoms with van der Waals surface area (Å²) in [7, 11) is 0. The van der Waals surface area contributed by atoms with Gasteiger partial charge in [-0.15, -0.1) is 0 Å². The van der Waals surface area contributed by atoms with Crippen molar-refractivity contribution in [3.05, 3.63) is 51.5 Å². The average Bonchev–Trinajstić information content (AvgIpc) is 2.26. The Morgan fingerprint density at radius 3 is 2.44 bits per heavy atom. The molecule has 0 atom stereocenters. The average molecular weight is 277 g/mol. The van der Waals surface area contributed by atoms with Crippen molar-refractivity contribution >= 4 is 34.8 Å². The zero-order valence-electron chi connectivity index (χ0n) is 7.85. The van der Waals surface area contributed by atoms with Gasteiger partial charge in [0.25, 0.3) is 0 Å². The van der Waals surface area contributed by atoms with Crippen molar-refractivity contribution in [1.29, 1.82) is 0 Å². The zero-order chi connectivity index (χ0) is 11.7. The molecule has 1 aromatic carbocycles. The molecule has 5 heteroatoms. The molecule has 16 heavy (non-hydrogen) atoms. The maximum Gasteiger partial charge on any atom is 0.232 e. The third kappa shape index (κ3) is 2.14. The van der Waals surface area contributed by atoms with Crippen molar-refractivity contribution in [3.8, 4) is 11.1 Å². The lowest BCUT2D eigenvalue weighted by atomic mass is 10.1. The Hall–Kier alpha value is -0.830. The molecule has 0 fully saturated rings. The largest absolute Gasteiger partial charge is 0.232 e. The van der Waals surface area contributed by atoms with E-state index in [-0.39, 0.29) is 5.02 Å². The Kier molecular flexibility index (Phi) is 3.33. The molecule has 0 aliphatic rings. The minimum Gasteiger partial charge on any atom is -0.227 e. The van der Waals surface area contributed by atoms with Crippen LogP contribution in [0.2, 0.25) is 15.1 Å². The molecule has 0 saturated heterocycles. The minimum atomic E-state index is -0.703. The summed E-state index contributed by atoms with van der Waals surface area (Å²) in [6.07, 6.45) is 1.35. The highest BCUT2D eigenvalue weighted by molar-refractivity contribution is 6.42. The van der Waals surface area contributed by atoms with Gasteiger partial charge in [0, 0.05) is 11.8 Å². The summed E-state index contributed by atoms with van der Waals surface area (Å²) in [5.41, 5.74) is 1.23. The van der Waals surface area contributed by atoms with Crippen LogP contribution >= 0.6 is 34.8 Å². The monoisotopic (exact) mass is 275 g/mol. The van der Waals surface area contributed by atoms with Crippen molar-refractivity contribution in [1.82, 2.24) is 4.98 Å². The van der Waals surface area contributed by atoms with E-state index in [4.69, 9.17) is 34.8 Å². The van der Waals surface area contributed by atoms with Gasteiger partial charge in [-0.2, -0.15) is 4.39 Å². The number of nitrogens with zero attached hydrogens (tertiary/aromatic N) is 1. The van der Waals surface area contributed by atoms with Gasteiger partial charge in [0.2, 0.25) is 5.95 Å². The number of pyridine rings is 1. The lowest BCUT2D eigenvalue weighted by Gasteiger charge is -2.05. The van der Waals surface area contributed by atoms with Gasteiger partial charge in [-0.3, -0.25) is 0 Å². The van der Waals surface area contributed by atoms with Gasteiger partial charge >= 0.3 is 0 Å². The summed E-state index contributed by atoms with van der Waals surface area (Å²) in [6, 6.07) is 6.60. The molecule has 0 bridgehead atoms. The summed E-state index contributed by atoms with van der Waals surface area (Å²) in [4.78, 5) is 3.45. The van der Waals surface area contributed by atoms with Crippen LogP contribution in [0.15, 0.2) is 30.5 Å². The van der Waals surface area contributed by atoms with E-state index in [0.717, 1.165) is 0 Å². The number of hydrogen-bond donors (Lipinski definition) is 0. The van der Waals surface area contributed by atoms with Gasteiger partial charge in [-0.05, 0) is 23.8 Å². The molecule has 0 amide bonds. The van der Waals surface area contributed by atoms with Gasteiger partial charge in [0.1, 0.15) is 5.02 Å². The molecule has 0 aliphatic carbocycles. The van der Waals surface area contributed by atoms with E-state index >= 15 is 0 Å². The van der Waals surface area contributed by atoms with Crippen LogP contribution in [0.4, 0.5) is 4.39 Å². The van der Waals surface area contributed by atoms with E-state index in [9.17, 15) is 4.39 Å². The fourth-order valence-electron chi connectivity index (χ4n) is 1.30. The predicted molar refractivity (Wildman–Crippen MR) is 64.7 cm³/mol. The van der Waals surface area contributed by atoms with E-state index in [1.807, 2.05) is 0 Å². The second-order valence-electron chi connectivity index (χ2n) is 3.09. The fraction of sp³-hybridized carbons (Fsp3) is 0. The first-order valence-corrected chi connectivity index (χ1v) is 5.48. The number of halogens is 4. The maximum absolute atomic E-state index is 13.1. The third-order valence-electron chi connectivity index (χ3n) is 2.08. The van der Waals surface area contributed by atoms with Crippen LogP contribution < -0.4 is 0 Å². The lowest BCUT2D eigenvalue weighted by Crippen LogP contribution is -1.87. The molecule has 0 aliphatic heterocycles. The Morgan fingerprint density at radius 1 is 1.00 bits per heavy atom. The van der Waals surface area contributed by atoms with Gasteiger partial charge in [0.05, 0.1) is 10.0 Å². The smallest absolute Gasteiger partial charge is 0.227 e. The van der Waals surface area contributed by atoms with Crippen LogP contribution in [0.1, 0.15) is 0 Å². The molecule has 1 aromatic heterocycles. The Morgan fingerprint density at radius 2 is 1.75 bits per heavy atom. The highest BCUT2D eigenvalue weighted by Gasteiger charge is 2.10. The number of hydrogen-bond acceptors (Lipinski definition) is 1. The van der Waals surface area contributed by atoms with Crippen molar-refractivity contribution in [2.24, 2.45) is 0 Å². The third-order valence-corrected chi connectivity index (χ3v) is 3.18. The lowest BCUT2D eigenvalue weighted by molar-refractivity contribution is 0.585. The van der Waals surface area contributed by atoms with Gasteiger partial charge in [0.15, 0.2) is 0 Å². The molecule has 1 heterocycles. The molecule has 0 radical (unpaired) electrons. The quantitative estimate of drug-likeness (QED) is 0.679. The Labute approximate surface area is 107 Å². The molecule has 2 aromatic rings. The summed E-state index contributed by atoms with van der Waals surface area (Å²) in [5.74, 6) is -0.703. The number of rotatable bonds is 1. The van der Waals surface area contributed by atoms with Gasteiger partial charge in [-0.1, -0.05) is 40.9 Å². The molecular weight excluding hydrogens is 271 g/mol. The molecule has 1 nitrogen and oxygen atoms in total. The summed E-state index contributed by atoms with van der Waals surface area (Å²) in [6.45, 7) is 0. The maximum atomic E-state index is 13.1. The van der Waals surface area contributed by atoms with Crippen LogP contribution in [-0.2, 0) is 0 Å². The van der Waals surface area contributed by atoms with Crippen molar-refractivity contribution < 1.29 is 4.39 Å². The van der Waals surface area contributed by atoms with E-state index in [1.54, 1.807) is 24.3 Å². The van der Waals surface area contributed by atoms with E-state index in [2.05, 4.69) is 4.98 Å². The second-order valence-corrected chi connectivity index (χ2v) is 4.28. The summed E-state index contributed by atoms with van der Waals surface area (Å²) < 4.78 is 13.1. The van der Waals surface area contributed by atoms with Crippen molar-refractivity contribution in [3.63, 3.8) is 0 Å². The molecule has 0 saturated carbocycles. The van der Waals surface area contributed by atoms with Crippen molar-refractivity contribution in [2.45, 2.75) is 0 Å². The van der Waals surface area contributed by atoms with E-state index < -0.39 is 5.95 Å². The zero-order valence-corrected chi connectivity index (χ0v) is 10.1. The van der Waals surface area contributed by atoms with Crippen LogP contribution in [0.5, 0.6) is 0 Å². The molecule has 82 valence electrons. The Bertz CT molecular complexity index is 543. The standard InChI is InChI=1S/C11H5Cl3FN/c12-8-2-1-6(5-9(8)13)7-3-4-16-11(15)10(7)14/h1-5H. The first-order chi connectivity index (χ1) is 7.59. The van der Waals surface area contributed by atoms with E-state index in [0.29, 0.717) is 21.2 Å². The van der Waals surface area contributed by atoms with Crippen LogP contribution in [-0.4, -0.2) is 4.98 Å². The van der Waals surface area contributed by atoms with Crippen LogP contribution in [0.3, 0.4) is 0 Å². The van der Waals surface area contributed by atoms with Crippen molar-refractivity contribution in [2.75, 3.05) is 0 Å². The first-order valence-electron chi connectivity index (χ1n) is 4.35. The van der Waals surface area contributed by atoms with E-state index in [1.165, 1.54) is 6.20 Å². The first kappa shape index (κ1) is 11.6. The molecule has 0 spiro atoms. The fourth-order valence-corrected chi connectivity index (χ4v) is 1.82. The molecule has 0 unspecified atom stereocenters. The molecule has 2 rings (SSSR count). The van der Waals surface area contributed by atoms with Crippen LogP contribution in [0, 0.1) is 5.95 Å². The highest BCUT2D eigenvalue weighted by Crippen LogP contribution is 2.32. The number of benzene rings is 1. The minimum absolute atomic E-state index is 0.0270. The molecule has 0 N–H and O–H groups in total. The Balaban J connectivity index is 2.59.